The van der Waals surface area contributed by atoms with Crippen molar-refractivity contribution in [2.24, 2.45) is 5.92 Å². The van der Waals surface area contributed by atoms with Crippen LogP contribution < -0.4 is 5.32 Å². The van der Waals surface area contributed by atoms with Crippen molar-refractivity contribution in [1.82, 2.24) is 15.1 Å². The number of aryl methyl sites for hydroxylation is 1. The van der Waals surface area contributed by atoms with E-state index in [1.165, 1.54) is 11.3 Å². The zero-order valence-corrected chi connectivity index (χ0v) is 18.7. The summed E-state index contributed by atoms with van der Waals surface area (Å²) < 4.78 is 0. The van der Waals surface area contributed by atoms with Crippen molar-refractivity contribution < 1.29 is 14.4 Å². The van der Waals surface area contributed by atoms with E-state index in [0.29, 0.717) is 37.5 Å². The third kappa shape index (κ3) is 5.34. The van der Waals surface area contributed by atoms with Crippen molar-refractivity contribution in [1.29, 1.82) is 0 Å². The highest BCUT2D eigenvalue weighted by molar-refractivity contribution is 7.13. The maximum atomic E-state index is 13.2. The third-order valence-corrected chi connectivity index (χ3v) is 6.91. The molecule has 0 radical (unpaired) electrons. The fraction of sp³-hybridized carbons (Fsp3) is 0.458. The minimum Gasteiger partial charge on any atom is -0.354 e. The highest BCUT2D eigenvalue weighted by Gasteiger charge is 2.37. The minimum absolute atomic E-state index is 0.00808. The van der Waals surface area contributed by atoms with Crippen LogP contribution in [0.3, 0.4) is 0 Å². The van der Waals surface area contributed by atoms with Gasteiger partial charge in [0.25, 0.3) is 5.91 Å². The average Bonchev–Trinajstić information content (AvgIpc) is 3.54. The quantitative estimate of drug-likeness (QED) is 0.797. The molecule has 1 aromatic heterocycles. The van der Waals surface area contributed by atoms with Gasteiger partial charge in [-0.1, -0.05) is 30.3 Å². The molecule has 0 spiro atoms. The summed E-state index contributed by atoms with van der Waals surface area (Å²) in [5.41, 5.74) is 0.980. The minimum atomic E-state index is -0.281. The molecule has 7 heteroatoms. The molecule has 1 aliphatic heterocycles. The van der Waals surface area contributed by atoms with E-state index < -0.39 is 0 Å². The summed E-state index contributed by atoms with van der Waals surface area (Å²) in [6.45, 7) is 3.96. The summed E-state index contributed by atoms with van der Waals surface area (Å²) in [7, 11) is 0. The molecule has 6 nitrogen and oxygen atoms in total. The first kappa shape index (κ1) is 21.6. The van der Waals surface area contributed by atoms with Crippen LogP contribution in [0.25, 0.3) is 0 Å². The maximum absolute atomic E-state index is 13.2. The molecule has 4 rings (SSSR count). The number of nitrogens with zero attached hydrogens (tertiary/aromatic N) is 2. The molecule has 2 aliphatic rings. The Balaban J connectivity index is 1.56. The van der Waals surface area contributed by atoms with Gasteiger partial charge in [0.2, 0.25) is 11.8 Å². The van der Waals surface area contributed by atoms with E-state index in [2.05, 4.69) is 5.32 Å². The zero-order chi connectivity index (χ0) is 21.8. The van der Waals surface area contributed by atoms with Gasteiger partial charge in [0, 0.05) is 37.0 Å². The van der Waals surface area contributed by atoms with Crippen LogP contribution in [0, 0.1) is 12.8 Å². The number of benzene rings is 1. The Labute approximate surface area is 187 Å². The van der Waals surface area contributed by atoms with Crippen molar-refractivity contribution in [3.05, 3.63) is 57.8 Å². The van der Waals surface area contributed by atoms with Gasteiger partial charge >= 0.3 is 0 Å². The second-order valence-electron chi connectivity index (χ2n) is 8.34. The van der Waals surface area contributed by atoms with Crippen molar-refractivity contribution in [2.75, 3.05) is 26.2 Å². The molecular weight excluding hydrogens is 410 g/mol. The normalized spacial score (nSPS) is 20.7. The lowest BCUT2D eigenvalue weighted by Crippen LogP contribution is -2.39. The van der Waals surface area contributed by atoms with Crippen LogP contribution in [0.1, 0.15) is 51.8 Å². The monoisotopic (exact) mass is 439 g/mol. The molecule has 1 atom stereocenters. The standard InChI is InChI=1S/C24H29N3O3S/c1-17-8-11-21(31-17)24(30)26-13-5-14-27(23(29)19-9-10-19)20(16-22(28)25-12-15-26)18-6-3-2-4-7-18/h2-4,6-8,11,19-20H,5,9-10,12-16H2,1H3,(H,25,28). The first-order valence-electron chi connectivity index (χ1n) is 11.0. The largest absolute Gasteiger partial charge is 0.354 e. The van der Waals surface area contributed by atoms with Gasteiger partial charge in [-0.2, -0.15) is 0 Å². The Morgan fingerprint density at radius 3 is 2.48 bits per heavy atom. The highest BCUT2D eigenvalue weighted by Crippen LogP contribution is 2.35. The first-order valence-corrected chi connectivity index (χ1v) is 11.8. The Morgan fingerprint density at radius 2 is 1.81 bits per heavy atom. The van der Waals surface area contributed by atoms with Gasteiger partial charge in [0.15, 0.2) is 0 Å². The number of thiophene rings is 1. The van der Waals surface area contributed by atoms with Gasteiger partial charge in [0.05, 0.1) is 17.3 Å². The maximum Gasteiger partial charge on any atom is 0.263 e. The van der Waals surface area contributed by atoms with Gasteiger partial charge in [-0.25, -0.2) is 0 Å². The second-order valence-corrected chi connectivity index (χ2v) is 9.63. The van der Waals surface area contributed by atoms with Crippen LogP contribution in [-0.2, 0) is 9.59 Å². The molecule has 2 aromatic rings. The summed E-state index contributed by atoms with van der Waals surface area (Å²) in [5.74, 6) is 0.105. The SMILES string of the molecule is Cc1ccc(C(=O)N2CCCN(C(=O)C3CC3)C(c3ccccc3)CC(=O)NCC2)s1. The molecule has 1 saturated heterocycles. The Kier molecular flexibility index (Phi) is 6.70. The summed E-state index contributed by atoms with van der Waals surface area (Å²) in [5, 5.41) is 2.96. The van der Waals surface area contributed by atoms with E-state index >= 15 is 0 Å². The van der Waals surface area contributed by atoms with Gasteiger partial charge < -0.3 is 15.1 Å². The number of carbonyl (C=O) groups is 3. The predicted molar refractivity (Wildman–Crippen MR) is 121 cm³/mol. The fourth-order valence-corrected chi connectivity index (χ4v) is 4.93. The van der Waals surface area contributed by atoms with E-state index in [1.54, 1.807) is 4.90 Å². The molecule has 2 heterocycles. The van der Waals surface area contributed by atoms with Crippen LogP contribution >= 0.6 is 11.3 Å². The molecule has 1 aromatic carbocycles. The van der Waals surface area contributed by atoms with E-state index in [-0.39, 0.29) is 36.1 Å². The molecule has 164 valence electrons. The first-order chi connectivity index (χ1) is 15.0. The van der Waals surface area contributed by atoms with Crippen molar-refractivity contribution in [2.45, 2.75) is 38.6 Å². The van der Waals surface area contributed by atoms with Gasteiger partial charge in [0.1, 0.15) is 0 Å². The second kappa shape index (κ2) is 9.64. The molecule has 3 amide bonds. The van der Waals surface area contributed by atoms with Gasteiger partial charge in [-0.05, 0) is 43.9 Å². The van der Waals surface area contributed by atoms with Crippen molar-refractivity contribution in [3.8, 4) is 0 Å². The van der Waals surface area contributed by atoms with E-state index in [9.17, 15) is 14.4 Å². The molecule has 1 saturated carbocycles. The van der Waals surface area contributed by atoms with E-state index in [4.69, 9.17) is 0 Å². The Morgan fingerprint density at radius 1 is 1.03 bits per heavy atom. The topological polar surface area (TPSA) is 69.7 Å². The zero-order valence-electron chi connectivity index (χ0n) is 17.9. The third-order valence-electron chi connectivity index (χ3n) is 5.92. The van der Waals surface area contributed by atoms with Gasteiger partial charge in [-0.3, -0.25) is 14.4 Å². The molecule has 31 heavy (non-hydrogen) atoms. The molecule has 1 unspecified atom stereocenters. The number of amides is 3. The van der Waals surface area contributed by atoms with Crippen molar-refractivity contribution in [3.63, 3.8) is 0 Å². The van der Waals surface area contributed by atoms with Crippen LogP contribution in [-0.4, -0.2) is 53.7 Å². The lowest BCUT2D eigenvalue weighted by atomic mass is 10.0. The number of nitrogens with one attached hydrogen (secondary N) is 1. The van der Waals surface area contributed by atoms with Gasteiger partial charge in [-0.15, -0.1) is 11.3 Å². The van der Waals surface area contributed by atoms with Crippen LogP contribution in [0.2, 0.25) is 0 Å². The van der Waals surface area contributed by atoms with E-state index in [1.807, 2.05) is 54.3 Å². The smallest absolute Gasteiger partial charge is 0.263 e. The van der Waals surface area contributed by atoms with Crippen LogP contribution in [0.15, 0.2) is 42.5 Å². The fourth-order valence-electron chi connectivity index (χ4n) is 4.10. The van der Waals surface area contributed by atoms with E-state index in [0.717, 1.165) is 23.3 Å². The molecule has 2 fully saturated rings. The Hall–Kier alpha value is -2.67. The highest BCUT2D eigenvalue weighted by atomic mass is 32.1. The van der Waals surface area contributed by atoms with Crippen molar-refractivity contribution >= 4 is 29.1 Å². The number of rotatable bonds is 3. The summed E-state index contributed by atoms with van der Waals surface area (Å²) in [6, 6.07) is 13.3. The predicted octanol–water partition coefficient (Wildman–Crippen LogP) is 3.39. The number of carbonyl (C=O) groups excluding carboxylic acids is 3. The lowest BCUT2D eigenvalue weighted by molar-refractivity contribution is -0.136. The van der Waals surface area contributed by atoms with Crippen LogP contribution in [0.5, 0.6) is 0 Å². The molecule has 1 aliphatic carbocycles. The lowest BCUT2D eigenvalue weighted by Gasteiger charge is -2.32. The molecular formula is C24H29N3O3S. The summed E-state index contributed by atoms with van der Waals surface area (Å²) >= 11 is 1.49. The number of hydrogen-bond donors (Lipinski definition) is 1. The number of hydrogen-bond acceptors (Lipinski definition) is 4. The molecule has 1 N–H and O–H groups in total. The molecule has 0 bridgehead atoms. The Bertz CT molecular complexity index is 939. The van der Waals surface area contributed by atoms with Crippen LogP contribution in [0.4, 0.5) is 0 Å². The summed E-state index contributed by atoms with van der Waals surface area (Å²) in [4.78, 5) is 44.4. The summed E-state index contributed by atoms with van der Waals surface area (Å²) in [6.07, 6.45) is 2.77. The average molecular weight is 440 g/mol.